The van der Waals surface area contributed by atoms with Gasteiger partial charge in [0.1, 0.15) is 5.82 Å². The molecule has 0 aliphatic heterocycles. The van der Waals surface area contributed by atoms with Crippen molar-refractivity contribution in [1.29, 1.82) is 0 Å². The van der Waals surface area contributed by atoms with Crippen LogP contribution in [0.1, 0.15) is 5.56 Å². The number of hydrogen-bond donors (Lipinski definition) is 1. The molecule has 1 heterocycles. The highest BCUT2D eigenvalue weighted by Crippen LogP contribution is 2.27. The number of aromatic nitrogens is 1. The van der Waals surface area contributed by atoms with Gasteiger partial charge in [0, 0.05) is 19.3 Å². The van der Waals surface area contributed by atoms with Crippen LogP contribution in [0.5, 0.6) is 0 Å². The molecule has 1 N–H and O–H groups in total. The molecule has 0 saturated heterocycles. The number of pyridine rings is 1. The van der Waals surface area contributed by atoms with Gasteiger partial charge in [-0.15, -0.1) is 0 Å². The van der Waals surface area contributed by atoms with Crippen LogP contribution in [0.15, 0.2) is 47.1 Å². The lowest BCUT2D eigenvalue weighted by Crippen LogP contribution is -2.27. The number of halogens is 2. The Bertz CT molecular complexity index is 536. The highest BCUT2D eigenvalue weighted by Gasteiger charge is 2.12. The standard InChI is InChI=1S/C14H14BrClN2O/c15-13-8-12(16)9-17-14(13)18(6-7-19)10-11-4-2-1-3-5-11/h1-5,8-9,19H,6-7,10H2. The molecule has 0 aliphatic carbocycles. The molecule has 5 heteroatoms. The van der Waals surface area contributed by atoms with Gasteiger partial charge in [-0.05, 0) is 27.6 Å². The molecule has 0 atom stereocenters. The van der Waals surface area contributed by atoms with Crippen molar-refractivity contribution >= 4 is 33.3 Å². The van der Waals surface area contributed by atoms with E-state index in [1.807, 2.05) is 35.2 Å². The Morgan fingerprint density at radius 3 is 2.63 bits per heavy atom. The topological polar surface area (TPSA) is 36.4 Å². The van der Waals surface area contributed by atoms with Gasteiger partial charge in [-0.2, -0.15) is 0 Å². The summed E-state index contributed by atoms with van der Waals surface area (Å²) in [5, 5.41) is 9.79. The van der Waals surface area contributed by atoms with Gasteiger partial charge in [0.2, 0.25) is 0 Å². The van der Waals surface area contributed by atoms with Crippen LogP contribution in [-0.2, 0) is 6.54 Å². The number of nitrogens with zero attached hydrogens (tertiary/aromatic N) is 2. The lowest BCUT2D eigenvalue weighted by atomic mass is 10.2. The highest BCUT2D eigenvalue weighted by atomic mass is 79.9. The molecule has 0 saturated carbocycles. The minimum Gasteiger partial charge on any atom is -0.395 e. The monoisotopic (exact) mass is 340 g/mol. The van der Waals surface area contributed by atoms with Gasteiger partial charge in [0.25, 0.3) is 0 Å². The molecule has 0 spiro atoms. The van der Waals surface area contributed by atoms with Gasteiger partial charge < -0.3 is 10.0 Å². The Kier molecular flexibility index (Phi) is 5.19. The first kappa shape index (κ1) is 14.3. The second-order valence-corrected chi connectivity index (χ2v) is 5.38. The van der Waals surface area contributed by atoms with Crippen molar-refractivity contribution in [1.82, 2.24) is 4.98 Å². The van der Waals surface area contributed by atoms with Gasteiger partial charge >= 0.3 is 0 Å². The van der Waals surface area contributed by atoms with Crippen LogP contribution in [-0.4, -0.2) is 23.2 Å². The van der Waals surface area contributed by atoms with Crippen molar-refractivity contribution in [3.63, 3.8) is 0 Å². The summed E-state index contributed by atoms with van der Waals surface area (Å²) in [6.45, 7) is 1.28. The van der Waals surface area contributed by atoms with E-state index >= 15 is 0 Å². The smallest absolute Gasteiger partial charge is 0.143 e. The summed E-state index contributed by atoms with van der Waals surface area (Å²) in [6.07, 6.45) is 1.61. The van der Waals surface area contributed by atoms with E-state index in [-0.39, 0.29) is 6.61 Å². The van der Waals surface area contributed by atoms with E-state index < -0.39 is 0 Å². The first-order valence-electron chi connectivity index (χ1n) is 5.91. The van der Waals surface area contributed by atoms with Crippen LogP contribution in [0.3, 0.4) is 0 Å². The SMILES string of the molecule is OCCN(Cc1ccccc1)c1ncc(Cl)cc1Br. The second kappa shape index (κ2) is 6.89. The molecule has 19 heavy (non-hydrogen) atoms. The van der Waals surface area contributed by atoms with E-state index in [0.717, 1.165) is 10.3 Å². The molecular weight excluding hydrogens is 328 g/mol. The fraction of sp³-hybridized carbons (Fsp3) is 0.214. The maximum absolute atomic E-state index is 9.21. The summed E-state index contributed by atoms with van der Waals surface area (Å²) in [7, 11) is 0. The normalized spacial score (nSPS) is 10.5. The first-order chi connectivity index (χ1) is 9.20. The number of benzene rings is 1. The van der Waals surface area contributed by atoms with Crippen molar-refractivity contribution in [3.8, 4) is 0 Å². The van der Waals surface area contributed by atoms with Crippen molar-refractivity contribution in [2.75, 3.05) is 18.1 Å². The zero-order valence-corrected chi connectivity index (χ0v) is 12.6. The average Bonchev–Trinajstić information content (AvgIpc) is 2.39. The van der Waals surface area contributed by atoms with E-state index in [1.165, 1.54) is 5.56 Å². The molecule has 0 amide bonds. The van der Waals surface area contributed by atoms with E-state index in [0.29, 0.717) is 18.1 Å². The zero-order valence-electron chi connectivity index (χ0n) is 10.3. The molecule has 2 aromatic rings. The third-order valence-corrected chi connectivity index (χ3v) is 3.46. The van der Waals surface area contributed by atoms with Crippen molar-refractivity contribution in [2.45, 2.75) is 6.54 Å². The van der Waals surface area contributed by atoms with E-state index in [1.54, 1.807) is 12.3 Å². The maximum Gasteiger partial charge on any atom is 0.143 e. The number of rotatable bonds is 5. The quantitative estimate of drug-likeness (QED) is 0.904. The predicted molar refractivity (Wildman–Crippen MR) is 81.5 cm³/mol. The van der Waals surface area contributed by atoms with Crippen molar-refractivity contribution in [3.05, 3.63) is 57.7 Å². The number of aliphatic hydroxyl groups excluding tert-OH is 1. The molecule has 0 fully saturated rings. The Morgan fingerprint density at radius 2 is 2.00 bits per heavy atom. The molecule has 1 aromatic carbocycles. The summed E-state index contributed by atoms with van der Waals surface area (Å²) >= 11 is 9.36. The average molecular weight is 342 g/mol. The third-order valence-electron chi connectivity index (χ3n) is 2.67. The van der Waals surface area contributed by atoms with E-state index in [2.05, 4.69) is 20.9 Å². The van der Waals surface area contributed by atoms with Crippen LogP contribution < -0.4 is 4.90 Å². The molecule has 0 radical (unpaired) electrons. The van der Waals surface area contributed by atoms with Crippen LogP contribution in [0.25, 0.3) is 0 Å². The van der Waals surface area contributed by atoms with Gasteiger partial charge in [0.05, 0.1) is 16.1 Å². The van der Waals surface area contributed by atoms with Crippen molar-refractivity contribution < 1.29 is 5.11 Å². The van der Waals surface area contributed by atoms with E-state index in [9.17, 15) is 5.11 Å². The second-order valence-electron chi connectivity index (χ2n) is 4.09. The number of aliphatic hydroxyl groups is 1. The summed E-state index contributed by atoms with van der Waals surface area (Å²) in [5.74, 6) is 0.780. The summed E-state index contributed by atoms with van der Waals surface area (Å²) < 4.78 is 0.824. The lowest BCUT2D eigenvalue weighted by Gasteiger charge is -2.24. The molecule has 1 aromatic heterocycles. The van der Waals surface area contributed by atoms with E-state index in [4.69, 9.17) is 11.6 Å². The van der Waals surface area contributed by atoms with Crippen LogP contribution >= 0.6 is 27.5 Å². The minimum absolute atomic E-state index is 0.0730. The molecule has 0 unspecified atom stereocenters. The predicted octanol–water partition coefficient (Wildman–Crippen LogP) is 3.50. The Labute approximate surface area is 126 Å². The first-order valence-corrected chi connectivity index (χ1v) is 7.08. The lowest BCUT2D eigenvalue weighted by molar-refractivity contribution is 0.301. The largest absolute Gasteiger partial charge is 0.395 e. The minimum atomic E-state index is 0.0730. The van der Waals surface area contributed by atoms with Crippen LogP contribution in [0.2, 0.25) is 5.02 Å². The van der Waals surface area contributed by atoms with Gasteiger partial charge in [-0.3, -0.25) is 0 Å². The Hall–Kier alpha value is -1.10. The molecular formula is C14H14BrClN2O. The third kappa shape index (κ3) is 3.93. The Morgan fingerprint density at radius 1 is 1.26 bits per heavy atom. The summed E-state index contributed by atoms with van der Waals surface area (Å²) in [5.41, 5.74) is 1.17. The fourth-order valence-corrected chi connectivity index (χ4v) is 2.71. The molecule has 0 bridgehead atoms. The van der Waals surface area contributed by atoms with Gasteiger partial charge in [-0.1, -0.05) is 41.9 Å². The molecule has 0 aliphatic rings. The maximum atomic E-state index is 9.21. The molecule has 3 nitrogen and oxygen atoms in total. The van der Waals surface area contributed by atoms with Crippen LogP contribution in [0, 0.1) is 0 Å². The number of hydrogen-bond acceptors (Lipinski definition) is 3. The summed E-state index contributed by atoms with van der Waals surface area (Å²) in [4.78, 5) is 6.34. The fourth-order valence-electron chi connectivity index (χ4n) is 1.82. The molecule has 2 rings (SSSR count). The molecule has 100 valence electrons. The van der Waals surface area contributed by atoms with Gasteiger partial charge in [-0.25, -0.2) is 4.98 Å². The number of anilines is 1. The van der Waals surface area contributed by atoms with Crippen LogP contribution in [0.4, 0.5) is 5.82 Å². The summed E-state index contributed by atoms with van der Waals surface area (Å²) in [6, 6.07) is 11.9. The Balaban J connectivity index is 2.24. The zero-order chi connectivity index (χ0) is 13.7. The van der Waals surface area contributed by atoms with Crippen molar-refractivity contribution in [2.24, 2.45) is 0 Å². The van der Waals surface area contributed by atoms with Gasteiger partial charge in [0.15, 0.2) is 0 Å². The highest BCUT2D eigenvalue weighted by molar-refractivity contribution is 9.10.